The summed E-state index contributed by atoms with van der Waals surface area (Å²) in [6.45, 7) is 2.97. The Labute approximate surface area is 124 Å². The van der Waals surface area contributed by atoms with Crippen LogP contribution in [0, 0.1) is 6.92 Å². The Balaban J connectivity index is 2.24. The lowest BCUT2D eigenvalue weighted by atomic mass is 10.1. The molecule has 20 heavy (non-hydrogen) atoms. The molecule has 2 rings (SSSR count). The summed E-state index contributed by atoms with van der Waals surface area (Å²) < 4.78 is 0. The maximum Gasteiger partial charge on any atom is 0.191 e. The van der Waals surface area contributed by atoms with E-state index in [1.54, 1.807) is 11.8 Å². The first kappa shape index (κ1) is 14.7. The third-order valence-corrected chi connectivity index (χ3v) is 3.74. The van der Waals surface area contributed by atoms with E-state index in [1.807, 2.05) is 19.4 Å². The van der Waals surface area contributed by atoms with Crippen LogP contribution in [-0.4, -0.2) is 30.3 Å². The van der Waals surface area contributed by atoms with Crippen LogP contribution in [0.15, 0.2) is 35.5 Å². The van der Waals surface area contributed by atoms with E-state index in [0.29, 0.717) is 0 Å². The zero-order valence-corrected chi connectivity index (χ0v) is 13.2. The van der Waals surface area contributed by atoms with Gasteiger partial charge < -0.3 is 10.2 Å². The van der Waals surface area contributed by atoms with Gasteiger partial charge in [-0.15, -0.1) is 0 Å². The van der Waals surface area contributed by atoms with Gasteiger partial charge in [0, 0.05) is 26.7 Å². The molecule has 0 amide bonds. The summed E-state index contributed by atoms with van der Waals surface area (Å²) >= 11 is 1.55. The van der Waals surface area contributed by atoms with Crippen LogP contribution in [0.1, 0.15) is 11.1 Å². The molecule has 0 saturated heterocycles. The summed E-state index contributed by atoms with van der Waals surface area (Å²) in [4.78, 5) is 11.1. The smallest absolute Gasteiger partial charge is 0.191 e. The van der Waals surface area contributed by atoms with Gasteiger partial charge in [0.2, 0.25) is 0 Å². The molecule has 0 spiro atoms. The Kier molecular flexibility index (Phi) is 4.84. The maximum absolute atomic E-state index is 4.56. The standard InChI is InChI=1S/C15H20N4S/c1-11-7-5-6-8-12(11)10-19(3)14-9-13(16-2)17-15(18-14)20-4/h5-9H,10H2,1-4H3,(H,16,17,18). The van der Waals surface area contributed by atoms with Crippen molar-refractivity contribution in [3.8, 4) is 0 Å². The second kappa shape index (κ2) is 6.61. The molecule has 1 heterocycles. The van der Waals surface area contributed by atoms with Crippen LogP contribution < -0.4 is 10.2 Å². The van der Waals surface area contributed by atoms with Gasteiger partial charge in [0.05, 0.1) is 0 Å². The van der Waals surface area contributed by atoms with Crippen molar-refractivity contribution in [1.29, 1.82) is 0 Å². The number of hydrogen-bond donors (Lipinski definition) is 1. The van der Waals surface area contributed by atoms with E-state index in [-0.39, 0.29) is 0 Å². The second-order valence-corrected chi connectivity index (χ2v) is 5.40. The predicted octanol–water partition coefficient (Wildman–Crippen LogP) is 3.19. The highest BCUT2D eigenvalue weighted by atomic mass is 32.2. The van der Waals surface area contributed by atoms with E-state index in [0.717, 1.165) is 23.3 Å². The first-order chi connectivity index (χ1) is 9.63. The summed E-state index contributed by atoms with van der Waals surface area (Å²) in [5, 5.41) is 3.86. The Morgan fingerprint density at radius 3 is 2.65 bits per heavy atom. The van der Waals surface area contributed by atoms with Gasteiger partial charge in [0.15, 0.2) is 5.16 Å². The molecule has 0 unspecified atom stereocenters. The molecule has 0 fully saturated rings. The van der Waals surface area contributed by atoms with Crippen molar-refractivity contribution in [3.63, 3.8) is 0 Å². The molecule has 0 saturated carbocycles. The van der Waals surface area contributed by atoms with Gasteiger partial charge in [-0.2, -0.15) is 0 Å². The Morgan fingerprint density at radius 2 is 2.00 bits per heavy atom. The third kappa shape index (κ3) is 3.42. The third-order valence-electron chi connectivity index (χ3n) is 3.19. The highest BCUT2D eigenvalue weighted by Crippen LogP contribution is 2.21. The molecule has 2 aromatic rings. The van der Waals surface area contributed by atoms with Crippen LogP contribution in [0.5, 0.6) is 0 Å². The lowest BCUT2D eigenvalue weighted by molar-refractivity contribution is 0.854. The topological polar surface area (TPSA) is 41.0 Å². The second-order valence-electron chi connectivity index (χ2n) is 4.63. The molecule has 4 nitrogen and oxygen atoms in total. The molecule has 1 N–H and O–H groups in total. The van der Waals surface area contributed by atoms with Crippen LogP contribution in [0.25, 0.3) is 0 Å². The van der Waals surface area contributed by atoms with Crippen molar-refractivity contribution in [2.24, 2.45) is 0 Å². The minimum absolute atomic E-state index is 0.781. The van der Waals surface area contributed by atoms with Crippen LogP contribution >= 0.6 is 11.8 Å². The fourth-order valence-corrected chi connectivity index (χ4v) is 2.33. The van der Waals surface area contributed by atoms with E-state index >= 15 is 0 Å². The normalized spacial score (nSPS) is 10.4. The maximum atomic E-state index is 4.56. The van der Waals surface area contributed by atoms with Crippen molar-refractivity contribution in [3.05, 3.63) is 41.5 Å². The fourth-order valence-electron chi connectivity index (χ4n) is 1.95. The number of aromatic nitrogens is 2. The number of rotatable bonds is 5. The van der Waals surface area contributed by atoms with Crippen molar-refractivity contribution in [2.75, 3.05) is 30.6 Å². The first-order valence-corrected chi connectivity index (χ1v) is 7.73. The minimum Gasteiger partial charge on any atom is -0.373 e. The summed E-state index contributed by atoms with van der Waals surface area (Å²) in [5.41, 5.74) is 2.61. The number of thioether (sulfide) groups is 1. The molecule has 1 aromatic heterocycles. The lowest BCUT2D eigenvalue weighted by Crippen LogP contribution is -2.19. The molecule has 0 atom stereocenters. The van der Waals surface area contributed by atoms with Crippen LogP contribution in [0.4, 0.5) is 11.6 Å². The fraction of sp³-hybridized carbons (Fsp3) is 0.333. The van der Waals surface area contributed by atoms with Gasteiger partial charge in [0.25, 0.3) is 0 Å². The van der Waals surface area contributed by atoms with Gasteiger partial charge in [-0.05, 0) is 24.3 Å². The van der Waals surface area contributed by atoms with Gasteiger partial charge in [-0.25, -0.2) is 9.97 Å². The van der Waals surface area contributed by atoms with Gasteiger partial charge in [-0.3, -0.25) is 0 Å². The van der Waals surface area contributed by atoms with Gasteiger partial charge >= 0.3 is 0 Å². The highest BCUT2D eigenvalue weighted by Gasteiger charge is 2.09. The van der Waals surface area contributed by atoms with E-state index in [9.17, 15) is 0 Å². The molecule has 0 aliphatic rings. The van der Waals surface area contributed by atoms with Crippen molar-refractivity contribution in [2.45, 2.75) is 18.6 Å². The minimum atomic E-state index is 0.781. The lowest BCUT2D eigenvalue weighted by Gasteiger charge is -2.20. The van der Waals surface area contributed by atoms with E-state index in [1.165, 1.54) is 11.1 Å². The number of nitrogens with zero attached hydrogens (tertiary/aromatic N) is 3. The first-order valence-electron chi connectivity index (χ1n) is 6.50. The molecule has 106 valence electrons. The molecule has 0 aliphatic heterocycles. The highest BCUT2D eigenvalue weighted by molar-refractivity contribution is 7.98. The summed E-state index contributed by atoms with van der Waals surface area (Å²) in [6.07, 6.45) is 1.99. The van der Waals surface area contributed by atoms with Gasteiger partial charge in [0.1, 0.15) is 11.6 Å². The van der Waals surface area contributed by atoms with E-state index < -0.39 is 0 Å². The van der Waals surface area contributed by atoms with Crippen molar-refractivity contribution >= 4 is 23.4 Å². The zero-order valence-electron chi connectivity index (χ0n) is 12.3. The quantitative estimate of drug-likeness (QED) is 0.676. The molecular formula is C15H20N4S. The number of aryl methyl sites for hydroxylation is 1. The van der Waals surface area contributed by atoms with Gasteiger partial charge in [-0.1, -0.05) is 36.0 Å². The van der Waals surface area contributed by atoms with Crippen LogP contribution in [0.2, 0.25) is 0 Å². The van der Waals surface area contributed by atoms with Crippen LogP contribution in [0.3, 0.4) is 0 Å². The summed E-state index contributed by atoms with van der Waals surface area (Å²) in [7, 11) is 3.93. The number of nitrogens with one attached hydrogen (secondary N) is 1. The zero-order chi connectivity index (χ0) is 14.5. The molecular weight excluding hydrogens is 268 g/mol. The largest absolute Gasteiger partial charge is 0.373 e. The Bertz CT molecular complexity index is 564. The van der Waals surface area contributed by atoms with E-state index in [4.69, 9.17) is 0 Å². The van der Waals surface area contributed by atoms with Crippen LogP contribution in [-0.2, 0) is 6.54 Å². The molecule has 0 aliphatic carbocycles. The summed E-state index contributed by atoms with van der Waals surface area (Å²) in [5.74, 6) is 1.77. The monoisotopic (exact) mass is 288 g/mol. The Morgan fingerprint density at radius 1 is 1.25 bits per heavy atom. The average molecular weight is 288 g/mol. The SMILES string of the molecule is CNc1cc(N(C)Cc2ccccc2C)nc(SC)n1. The van der Waals surface area contributed by atoms with Crippen molar-refractivity contribution in [1.82, 2.24) is 9.97 Å². The number of benzene rings is 1. The summed E-state index contributed by atoms with van der Waals surface area (Å²) in [6, 6.07) is 10.4. The number of anilines is 2. The molecule has 0 radical (unpaired) electrons. The molecule has 5 heteroatoms. The van der Waals surface area contributed by atoms with Crippen molar-refractivity contribution < 1.29 is 0 Å². The predicted molar refractivity (Wildman–Crippen MR) is 86.6 cm³/mol. The average Bonchev–Trinajstić information content (AvgIpc) is 2.48. The number of hydrogen-bond acceptors (Lipinski definition) is 5. The molecule has 0 bridgehead atoms. The molecule has 1 aromatic carbocycles. The Hall–Kier alpha value is -1.75. The van der Waals surface area contributed by atoms with E-state index in [2.05, 4.69) is 58.4 Å².